The van der Waals surface area contributed by atoms with Gasteiger partial charge in [0.15, 0.2) is 0 Å². The van der Waals surface area contributed by atoms with Crippen molar-refractivity contribution in [2.75, 3.05) is 0 Å². The summed E-state index contributed by atoms with van der Waals surface area (Å²) in [6.45, 7) is 2.41. The number of hydrogen-bond acceptors (Lipinski definition) is 7. The molecule has 12 heteroatoms. The first-order valence-electron chi connectivity index (χ1n) is 9.59. The van der Waals surface area contributed by atoms with Crippen LogP contribution in [-0.4, -0.2) is 68.7 Å². The van der Waals surface area contributed by atoms with Gasteiger partial charge < -0.3 is 30.7 Å². The van der Waals surface area contributed by atoms with Gasteiger partial charge in [-0.1, -0.05) is 0 Å². The normalized spacial score (nSPS) is 13.4. The van der Waals surface area contributed by atoms with Crippen LogP contribution in [0.5, 0.6) is 0 Å². The number of Topliss-reactive ketones (excluding diaryl/α,β-unsaturated/α-hetero) is 2. The van der Waals surface area contributed by atoms with E-state index in [-0.39, 0.29) is 44.3 Å². The lowest BCUT2D eigenvalue weighted by molar-refractivity contribution is -0.145. The average Bonchev–Trinajstić information content (AvgIpc) is 2.64. The van der Waals surface area contributed by atoms with Crippen molar-refractivity contribution < 1.29 is 48.9 Å². The number of aliphatic carboxylic acids is 3. The number of hydrogen-bond donors (Lipinski definition) is 5. The minimum Gasteiger partial charge on any atom is -0.481 e. The lowest BCUT2D eigenvalue weighted by Crippen LogP contribution is -2.41. The molecule has 174 valence electrons. The topological polar surface area (TPSA) is 204 Å². The molecule has 12 nitrogen and oxygen atoms in total. The molecule has 0 rings (SSSR count). The summed E-state index contributed by atoms with van der Waals surface area (Å²) >= 11 is 0. The number of nitrogens with one attached hydrogen (secondary N) is 2. The summed E-state index contributed by atoms with van der Waals surface area (Å²) in [5, 5.41) is 31.7. The fourth-order valence-corrected chi connectivity index (χ4v) is 2.67. The van der Waals surface area contributed by atoms with Crippen molar-refractivity contribution >= 4 is 41.3 Å². The van der Waals surface area contributed by atoms with Crippen LogP contribution in [0.1, 0.15) is 58.8 Å². The number of carboxylic acid groups (broad SMARTS) is 3. The molecule has 0 saturated carbocycles. The third kappa shape index (κ3) is 12.8. The van der Waals surface area contributed by atoms with Crippen LogP contribution in [-0.2, 0) is 33.6 Å². The van der Waals surface area contributed by atoms with Crippen LogP contribution in [0.2, 0.25) is 0 Å². The number of ketones is 2. The Balaban J connectivity index is 4.69. The van der Waals surface area contributed by atoms with E-state index >= 15 is 0 Å². The molecule has 0 heterocycles. The highest BCUT2D eigenvalue weighted by atomic mass is 16.4. The number of amides is 2. The van der Waals surface area contributed by atoms with Crippen molar-refractivity contribution in [2.45, 2.75) is 70.9 Å². The Morgan fingerprint density at radius 3 is 1.65 bits per heavy atom. The van der Waals surface area contributed by atoms with E-state index in [0.717, 1.165) is 6.92 Å². The molecular formula is C19H28N2O10. The summed E-state index contributed by atoms with van der Waals surface area (Å²) in [5.41, 5.74) is 0. The Kier molecular flexibility index (Phi) is 12.4. The van der Waals surface area contributed by atoms with Gasteiger partial charge in [-0.15, -0.1) is 0 Å². The maximum atomic E-state index is 12.1. The Morgan fingerprint density at radius 2 is 1.19 bits per heavy atom. The second-order valence-corrected chi connectivity index (χ2v) is 7.15. The third-order valence-electron chi connectivity index (χ3n) is 4.35. The quantitative estimate of drug-likeness (QED) is 0.211. The molecule has 0 aromatic heterocycles. The van der Waals surface area contributed by atoms with Gasteiger partial charge in [0.1, 0.15) is 23.7 Å². The molecule has 0 saturated heterocycles. The second kappa shape index (κ2) is 13.8. The fourth-order valence-electron chi connectivity index (χ4n) is 2.67. The van der Waals surface area contributed by atoms with Gasteiger partial charge in [0.05, 0.1) is 5.92 Å². The number of carbonyl (C=O) groups is 7. The monoisotopic (exact) mass is 444 g/mol. The van der Waals surface area contributed by atoms with Crippen LogP contribution in [0.25, 0.3) is 0 Å². The van der Waals surface area contributed by atoms with Crippen molar-refractivity contribution in [1.82, 2.24) is 10.6 Å². The van der Waals surface area contributed by atoms with Gasteiger partial charge in [0.25, 0.3) is 0 Å². The zero-order valence-electron chi connectivity index (χ0n) is 17.4. The number of carbonyl (C=O) groups excluding carboxylic acids is 4. The first-order chi connectivity index (χ1) is 14.3. The van der Waals surface area contributed by atoms with Gasteiger partial charge >= 0.3 is 17.9 Å². The first kappa shape index (κ1) is 27.7. The van der Waals surface area contributed by atoms with E-state index in [4.69, 9.17) is 10.2 Å². The van der Waals surface area contributed by atoms with E-state index in [0.29, 0.717) is 0 Å². The van der Waals surface area contributed by atoms with Crippen LogP contribution in [0.15, 0.2) is 0 Å². The molecule has 1 unspecified atom stereocenters. The highest BCUT2D eigenvalue weighted by Gasteiger charge is 2.26. The fraction of sp³-hybridized carbons (Fsp3) is 0.632. The molecule has 0 fully saturated rings. The van der Waals surface area contributed by atoms with E-state index in [9.17, 15) is 38.7 Å². The van der Waals surface area contributed by atoms with Gasteiger partial charge in [-0.3, -0.25) is 19.2 Å². The first-order valence-corrected chi connectivity index (χ1v) is 9.59. The smallest absolute Gasteiger partial charge is 0.326 e. The zero-order valence-corrected chi connectivity index (χ0v) is 17.4. The molecule has 31 heavy (non-hydrogen) atoms. The molecule has 0 bridgehead atoms. The lowest BCUT2D eigenvalue weighted by atomic mass is 9.94. The maximum Gasteiger partial charge on any atom is 0.326 e. The molecule has 0 aliphatic heterocycles. The summed E-state index contributed by atoms with van der Waals surface area (Å²) in [5.74, 6) is -7.31. The molecule has 0 aliphatic carbocycles. The van der Waals surface area contributed by atoms with Crippen LogP contribution in [0.3, 0.4) is 0 Å². The summed E-state index contributed by atoms with van der Waals surface area (Å²) < 4.78 is 0. The molecule has 0 aromatic rings. The van der Waals surface area contributed by atoms with Crippen molar-refractivity contribution in [3.05, 3.63) is 0 Å². The van der Waals surface area contributed by atoms with Gasteiger partial charge in [-0.05, 0) is 26.2 Å². The van der Waals surface area contributed by atoms with Crippen LogP contribution < -0.4 is 10.6 Å². The largest absolute Gasteiger partial charge is 0.481 e. The minimum atomic E-state index is -1.33. The predicted octanol–water partition coefficient (Wildman–Crippen LogP) is -0.265. The summed E-state index contributed by atoms with van der Waals surface area (Å²) in [6, 6.07) is -2.57. The number of rotatable bonds is 16. The van der Waals surface area contributed by atoms with E-state index in [1.54, 1.807) is 0 Å². The predicted molar refractivity (Wildman–Crippen MR) is 104 cm³/mol. The molecule has 0 radical (unpaired) electrons. The Hall–Kier alpha value is -3.31. The van der Waals surface area contributed by atoms with Crippen molar-refractivity contribution in [3.63, 3.8) is 0 Å². The van der Waals surface area contributed by atoms with Crippen LogP contribution >= 0.6 is 0 Å². The minimum absolute atomic E-state index is 0.0423. The molecule has 2 amide bonds. The maximum absolute atomic E-state index is 12.1. The van der Waals surface area contributed by atoms with E-state index in [1.807, 2.05) is 0 Å². The molecule has 5 N–H and O–H groups in total. The molecule has 0 spiro atoms. The Bertz CT molecular complexity index is 718. The molecule has 0 aromatic carbocycles. The van der Waals surface area contributed by atoms with E-state index in [1.165, 1.54) is 6.92 Å². The summed E-state index contributed by atoms with van der Waals surface area (Å²) in [4.78, 5) is 79.6. The third-order valence-corrected chi connectivity index (χ3v) is 4.35. The standard InChI is InChI=1S/C19H28N2O10/c1-10(22)3-6-15(19(30)31)21-16(25)8-4-12(17(26)27)9-13(24)5-7-14(18(28)29)20-11(2)23/h12,14-15H,3-9H2,1-2H3,(H,20,23)(H,21,25)(H,26,27)(H,28,29)(H,30,31)/t12-,14+,15?/m1/s1. The molecule has 0 aliphatic rings. The van der Waals surface area contributed by atoms with Gasteiger partial charge in [0.2, 0.25) is 11.8 Å². The van der Waals surface area contributed by atoms with Gasteiger partial charge in [-0.25, -0.2) is 9.59 Å². The van der Waals surface area contributed by atoms with Crippen LogP contribution in [0.4, 0.5) is 0 Å². The van der Waals surface area contributed by atoms with Crippen molar-refractivity contribution in [3.8, 4) is 0 Å². The van der Waals surface area contributed by atoms with Gasteiger partial charge in [-0.2, -0.15) is 0 Å². The SMILES string of the molecule is CC(=O)CCC(NC(=O)CC[C@H](CC(=O)CC[C@H](NC(C)=O)C(=O)O)C(=O)O)C(=O)O. The summed E-state index contributed by atoms with van der Waals surface area (Å²) in [7, 11) is 0. The zero-order chi connectivity index (χ0) is 24.1. The van der Waals surface area contributed by atoms with E-state index in [2.05, 4.69) is 10.6 Å². The van der Waals surface area contributed by atoms with E-state index < -0.39 is 59.9 Å². The Labute approximate surface area is 178 Å². The summed E-state index contributed by atoms with van der Waals surface area (Å²) in [6.07, 6.45) is -1.66. The lowest BCUT2D eigenvalue weighted by Gasteiger charge is -2.16. The Morgan fingerprint density at radius 1 is 0.677 bits per heavy atom. The second-order valence-electron chi connectivity index (χ2n) is 7.15. The highest BCUT2D eigenvalue weighted by Crippen LogP contribution is 2.15. The molecular weight excluding hydrogens is 416 g/mol. The van der Waals surface area contributed by atoms with Gasteiger partial charge in [0, 0.05) is 32.6 Å². The average molecular weight is 444 g/mol. The molecule has 3 atom stereocenters. The van der Waals surface area contributed by atoms with Crippen molar-refractivity contribution in [1.29, 1.82) is 0 Å². The number of carboxylic acids is 3. The van der Waals surface area contributed by atoms with Crippen molar-refractivity contribution in [2.24, 2.45) is 5.92 Å². The van der Waals surface area contributed by atoms with Crippen LogP contribution in [0, 0.1) is 5.92 Å². The highest BCUT2D eigenvalue weighted by molar-refractivity contribution is 5.87.